The molecule has 0 aliphatic heterocycles. The highest BCUT2D eigenvalue weighted by molar-refractivity contribution is 5.97. The van der Waals surface area contributed by atoms with E-state index >= 15 is 0 Å². The Kier molecular flexibility index (Phi) is 5.02. The highest BCUT2D eigenvalue weighted by Gasteiger charge is 2.16. The number of carbonyl (C=O) groups excluding carboxylic acids is 1. The van der Waals surface area contributed by atoms with Crippen molar-refractivity contribution in [2.45, 2.75) is 39.2 Å². The summed E-state index contributed by atoms with van der Waals surface area (Å²) < 4.78 is 25.5. The second-order valence-electron chi connectivity index (χ2n) is 6.67. The van der Waals surface area contributed by atoms with Crippen LogP contribution in [0.25, 0.3) is 11.0 Å². The van der Waals surface area contributed by atoms with Gasteiger partial charge in [-0.1, -0.05) is 38.1 Å². The minimum absolute atomic E-state index is 0.169. The van der Waals surface area contributed by atoms with Crippen LogP contribution in [0, 0.1) is 0 Å². The molecule has 6 heteroatoms. The van der Waals surface area contributed by atoms with Gasteiger partial charge in [0.2, 0.25) is 0 Å². The van der Waals surface area contributed by atoms with Crippen LogP contribution in [-0.2, 0) is 0 Å². The van der Waals surface area contributed by atoms with Gasteiger partial charge in [0.1, 0.15) is 0 Å². The monoisotopic (exact) mass is 357 g/mol. The molecule has 0 aliphatic rings. The van der Waals surface area contributed by atoms with Crippen molar-refractivity contribution in [3.05, 3.63) is 65.0 Å². The summed E-state index contributed by atoms with van der Waals surface area (Å²) in [7, 11) is 0. The number of rotatable bonds is 5. The Bertz CT molecular complexity index is 916. The first kappa shape index (κ1) is 18.0. The minimum Gasteiger partial charge on any atom is -0.346 e. The fraction of sp³-hybridized carbons (Fsp3) is 0.300. The molecule has 136 valence electrons. The molecule has 0 fully saturated rings. The van der Waals surface area contributed by atoms with Crippen molar-refractivity contribution in [1.82, 2.24) is 15.3 Å². The Labute approximate surface area is 150 Å². The summed E-state index contributed by atoms with van der Waals surface area (Å²) in [5, 5.41) is 2.93. The lowest BCUT2D eigenvalue weighted by Gasteiger charge is -2.15. The third kappa shape index (κ3) is 3.74. The molecule has 0 saturated carbocycles. The van der Waals surface area contributed by atoms with E-state index in [-0.39, 0.29) is 11.9 Å². The third-order valence-corrected chi connectivity index (χ3v) is 4.42. The van der Waals surface area contributed by atoms with Crippen LogP contribution in [0.1, 0.15) is 66.5 Å². The van der Waals surface area contributed by atoms with Crippen LogP contribution in [0.3, 0.4) is 0 Å². The van der Waals surface area contributed by atoms with Gasteiger partial charge >= 0.3 is 0 Å². The minimum atomic E-state index is -2.67. The third-order valence-electron chi connectivity index (χ3n) is 4.42. The average molecular weight is 357 g/mol. The topological polar surface area (TPSA) is 57.8 Å². The van der Waals surface area contributed by atoms with Crippen LogP contribution in [0.4, 0.5) is 8.78 Å². The maximum Gasteiger partial charge on any atom is 0.295 e. The summed E-state index contributed by atoms with van der Waals surface area (Å²) in [4.78, 5) is 18.9. The number of aromatic amines is 1. The number of nitrogens with one attached hydrogen (secondary N) is 2. The highest BCUT2D eigenvalue weighted by Crippen LogP contribution is 2.22. The Morgan fingerprint density at radius 1 is 1.04 bits per heavy atom. The number of nitrogens with zero attached hydrogens (tertiary/aromatic N) is 1. The Hall–Kier alpha value is -2.76. The molecule has 1 aromatic heterocycles. The molecule has 0 radical (unpaired) electrons. The first-order chi connectivity index (χ1) is 12.3. The van der Waals surface area contributed by atoms with E-state index in [1.54, 1.807) is 12.1 Å². The van der Waals surface area contributed by atoms with Gasteiger partial charge in [-0.2, -0.15) is 0 Å². The lowest BCUT2D eigenvalue weighted by atomic mass is 9.99. The van der Waals surface area contributed by atoms with Gasteiger partial charge in [-0.3, -0.25) is 4.79 Å². The second-order valence-corrected chi connectivity index (χ2v) is 6.67. The van der Waals surface area contributed by atoms with E-state index in [0.717, 1.165) is 5.56 Å². The number of alkyl halides is 2. The van der Waals surface area contributed by atoms with Gasteiger partial charge in [-0.05, 0) is 42.2 Å². The molecule has 1 atom stereocenters. The van der Waals surface area contributed by atoms with Crippen LogP contribution in [-0.4, -0.2) is 15.9 Å². The van der Waals surface area contributed by atoms with Crippen molar-refractivity contribution in [3.63, 3.8) is 0 Å². The second kappa shape index (κ2) is 7.23. The molecular formula is C20H21F2N3O. The van der Waals surface area contributed by atoms with Gasteiger partial charge in [0.25, 0.3) is 12.3 Å². The number of hydrogen-bond donors (Lipinski definition) is 2. The molecule has 0 bridgehead atoms. The molecule has 4 nitrogen and oxygen atoms in total. The molecule has 1 unspecified atom stereocenters. The fourth-order valence-corrected chi connectivity index (χ4v) is 2.81. The largest absolute Gasteiger partial charge is 0.346 e. The normalized spacial score (nSPS) is 12.7. The van der Waals surface area contributed by atoms with Crippen molar-refractivity contribution < 1.29 is 13.6 Å². The zero-order valence-electron chi connectivity index (χ0n) is 14.9. The van der Waals surface area contributed by atoms with E-state index in [9.17, 15) is 13.6 Å². The highest BCUT2D eigenvalue weighted by atomic mass is 19.3. The first-order valence-corrected chi connectivity index (χ1v) is 8.53. The molecule has 2 aromatic carbocycles. The van der Waals surface area contributed by atoms with Gasteiger partial charge in [-0.15, -0.1) is 0 Å². The number of imidazole rings is 1. The number of H-pyrrole nitrogens is 1. The smallest absolute Gasteiger partial charge is 0.295 e. The summed E-state index contributed by atoms with van der Waals surface area (Å²) in [6.07, 6.45) is -2.67. The van der Waals surface area contributed by atoms with Crippen LogP contribution >= 0.6 is 0 Å². The zero-order chi connectivity index (χ0) is 18.8. The molecule has 2 N–H and O–H groups in total. The predicted molar refractivity (Wildman–Crippen MR) is 97.5 cm³/mol. The summed E-state index contributed by atoms with van der Waals surface area (Å²) in [5.41, 5.74) is 3.47. The summed E-state index contributed by atoms with van der Waals surface area (Å²) in [6, 6.07) is 12.7. The summed E-state index contributed by atoms with van der Waals surface area (Å²) in [5.74, 6) is -0.204. The molecule has 0 aliphatic carbocycles. The summed E-state index contributed by atoms with van der Waals surface area (Å²) >= 11 is 0. The van der Waals surface area contributed by atoms with Gasteiger partial charge in [0, 0.05) is 5.56 Å². The van der Waals surface area contributed by atoms with Crippen molar-refractivity contribution >= 4 is 16.9 Å². The summed E-state index contributed by atoms with van der Waals surface area (Å²) in [6.45, 7) is 6.17. The first-order valence-electron chi connectivity index (χ1n) is 8.53. The lowest BCUT2D eigenvalue weighted by Crippen LogP contribution is -2.26. The zero-order valence-corrected chi connectivity index (χ0v) is 14.9. The van der Waals surface area contributed by atoms with Gasteiger partial charge < -0.3 is 10.3 Å². The van der Waals surface area contributed by atoms with E-state index in [0.29, 0.717) is 22.5 Å². The number of fused-ring (bicyclic) bond motifs is 1. The van der Waals surface area contributed by atoms with Crippen LogP contribution < -0.4 is 5.32 Å². The Morgan fingerprint density at radius 3 is 2.31 bits per heavy atom. The van der Waals surface area contributed by atoms with Crippen molar-refractivity contribution in [2.24, 2.45) is 0 Å². The number of benzene rings is 2. The SMILES string of the molecule is CC(C)c1ccc(C(C)NC(=O)c2ccc3nc(C(F)F)[nH]c3c2)cc1. The molecule has 0 saturated heterocycles. The number of hydrogen-bond acceptors (Lipinski definition) is 2. The van der Waals surface area contributed by atoms with Gasteiger partial charge in [0.15, 0.2) is 5.82 Å². The van der Waals surface area contributed by atoms with Crippen molar-refractivity contribution in [1.29, 1.82) is 0 Å². The lowest BCUT2D eigenvalue weighted by molar-refractivity contribution is 0.0940. The maximum atomic E-state index is 12.7. The van der Waals surface area contributed by atoms with Gasteiger partial charge in [0.05, 0.1) is 17.1 Å². The molecular weight excluding hydrogens is 336 g/mol. The van der Waals surface area contributed by atoms with Crippen LogP contribution in [0.5, 0.6) is 0 Å². The average Bonchev–Trinajstić information content (AvgIpc) is 3.05. The van der Waals surface area contributed by atoms with Crippen LogP contribution in [0.2, 0.25) is 0 Å². The quantitative estimate of drug-likeness (QED) is 0.666. The number of halogens is 2. The van der Waals surface area contributed by atoms with Crippen molar-refractivity contribution in [3.8, 4) is 0 Å². The Morgan fingerprint density at radius 2 is 1.69 bits per heavy atom. The molecule has 1 amide bonds. The van der Waals surface area contributed by atoms with E-state index in [1.807, 2.05) is 19.1 Å². The molecule has 3 rings (SSSR count). The number of aromatic nitrogens is 2. The van der Waals surface area contributed by atoms with E-state index in [2.05, 4.69) is 41.3 Å². The molecule has 0 spiro atoms. The Balaban J connectivity index is 1.75. The molecule has 1 heterocycles. The standard InChI is InChI=1S/C20H21F2N3O/c1-11(2)13-4-6-14(7-5-13)12(3)23-20(26)15-8-9-16-17(10-15)25-19(24-16)18(21)22/h4-12,18H,1-3H3,(H,23,26)(H,24,25). The molecule has 26 heavy (non-hydrogen) atoms. The fourth-order valence-electron chi connectivity index (χ4n) is 2.81. The van der Waals surface area contributed by atoms with Gasteiger partial charge in [-0.25, -0.2) is 13.8 Å². The van der Waals surface area contributed by atoms with E-state index in [1.165, 1.54) is 11.6 Å². The number of carbonyl (C=O) groups is 1. The molecule has 3 aromatic rings. The predicted octanol–water partition coefficient (Wildman–Crippen LogP) is 5.11. The van der Waals surface area contributed by atoms with Crippen LogP contribution in [0.15, 0.2) is 42.5 Å². The van der Waals surface area contributed by atoms with E-state index in [4.69, 9.17) is 0 Å². The van der Waals surface area contributed by atoms with Crippen molar-refractivity contribution in [2.75, 3.05) is 0 Å². The number of amides is 1. The maximum absolute atomic E-state index is 12.7. The van der Waals surface area contributed by atoms with E-state index < -0.39 is 12.2 Å².